The van der Waals surface area contributed by atoms with Crippen molar-refractivity contribution in [2.75, 3.05) is 30.4 Å². The zero-order chi connectivity index (χ0) is 23.0. The maximum atomic E-state index is 13.2. The Labute approximate surface area is 188 Å². The molecule has 9 heteroatoms. The number of rotatable bonds is 4. The average Bonchev–Trinajstić information content (AvgIpc) is 3.20. The largest absolute Gasteiger partial charge is 0.467 e. The molecule has 1 fully saturated rings. The van der Waals surface area contributed by atoms with Crippen molar-refractivity contribution in [2.24, 2.45) is 0 Å². The number of carbonyl (C=O) groups excluding carboxylic acids is 1. The van der Waals surface area contributed by atoms with Crippen molar-refractivity contribution in [3.8, 4) is 6.01 Å². The van der Waals surface area contributed by atoms with Crippen LogP contribution < -0.4 is 20.3 Å². The van der Waals surface area contributed by atoms with Crippen LogP contribution in [0.2, 0.25) is 0 Å². The summed E-state index contributed by atoms with van der Waals surface area (Å²) in [6, 6.07) is 6.52. The first-order chi connectivity index (χ1) is 15.2. The van der Waals surface area contributed by atoms with E-state index in [4.69, 9.17) is 4.74 Å². The van der Waals surface area contributed by atoms with Gasteiger partial charge in [0.1, 0.15) is 0 Å². The number of hydrogen-bond donors (Lipinski definition) is 2. The lowest BCUT2D eigenvalue weighted by Crippen LogP contribution is -2.54. The van der Waals surface area contributed by atoms with Crippen LogP contribution in [0.1, 0.15) is 45.0 Å². The number of methoxy groups -OCH3 is 1. The minimum absolute atomic E-state index is 0.171. The van der Waals surface area contributed by atoms with E-state index in [1.54, 1.807) is 12.3 Å². The molecular weight excluding hydrogens is 406 g/mol. The molecule has 0 aliphatic carbocycles. The van der Waals surface area contributed by atoms with Crippen molar-refractivity contribution >= 4 is 28.3 Å². The molecule has 0 radical (unpaired) electrons. The quantitative estimate of drug-likeness (QED) is 0.647. The summed E-state index contributed by atoms with van der Waals surface area (Å²) in [6.45, 7) is 12.2. The highest BCUT2D eigenvalue weighted by molar-refractivity contribution is 6.13. The van der Waals surface area contributed by atoms with Gasteiger partial charge in [-0.2, -0.15) is 10.1 Å². The van der Waals surface area contributed by atoms with Gasteiger partial charge in [0.15, 0.2) is 5.82 Å². The van der Waals surface area contributed by atoms with Crippen LogP contribution in [-0.4, -0.2) is 57.9 Å². The minimum atomic E-state index is -0.275. The standard InChI is InChI=1S/C23H31N7O2/c1-14-12-29(13-15(2)25-14)18-8-7-16(20-17(18)11-24-22(27-20)32-6)21(31)26-19-9-10-30(28-19)23(3,4)5/h7-11,14-15,25H,12-13H2,1-6H3,(H,26,28,31)/t14-,15+. The van der Waals surface area contributed by atoms with Gasteiger partial charge in [-0.15, -0.1) is 0 Å². The Bertz CT molecular complexity index is 1130. The average molecular weight is 438 g/mol. The Hall–Kier alpha value is -3.20. The maximum Gasteiger partial charge on any atom is 0.316 e. The van der Waals surface area contributed by atoms with Crippen LogP contribution in [-0.2, 0) is 5.54 Å². The third-order valence-electron chi connectivity index (χ3n) is 5.55. The highest BCUT2D eigenvalue weighted by atomic mass is 16.5. The van der Waals surface area contributed by atoms with Gasteiger partial charge in [-0.25, -0.2) is 4.98 Å². The molecule has 1 saturated heterocycles. The molecule has 2 N–H and O–H groups in total. The normalized spacial score (nSPS) is 19.2. The van der Waals surface area contributed by atoms with Gasteiger partial charge in [-0.05, 0) is 46.8 Å². The maximum absolute atomic E-state index is 13.2. The summed E-state index contributed by atoms with van der Waals surface area (Å²) in [5.41, 5.74) is 1.85. The Kier molecular flexibility index (Phi) is 5.77. The molecule has 4 rings (SSSR count). The minimum Gasteiger partial charge on any atom is -0.467 e. The van der Waals surface area contributed by atoms with Crippen LogP contribution in [0, 0.1) is 0 Å². The number of amides is 1. The van der Waals surface area contributed by atoms with E-state index in [0.29, 0.717) is 29.0 Å². The zero-order valence-corrected chi connectivity index (χ0v) is 19.5. The molecule has 0 saturated carbocycles. The number of carbonyl (C=O) groups is 1. The molecule has 9 nitrogen and oxygen atoms in total. The molecule has 3 heterocycles. The van der Waals surface area contributed by atoms with Crippen LogP contribution in [0.5, 0.6) is 6.01 Å². The molecule has 1 aromatic carbocycles. The molecule has 0 bridgehead atoms. The third kappa shape index (κ3) is 4.38. The lowest BCUT2D eigenvalue weighted by molar-refractivity contribution is 0.102. The second kappa shape index (κ2) is 8.38. The van der Waals surface area contributed by atoms with Crippen molar-refractivity contribution < 1.29 is 9.53 Å². The zero-order valence-electron chi connectivity index (χ0n) is 19.5. The van der Waals surface area contributed by atoms with Crippen LogP contribution in [0.4, 0.5) is 11.5 Å². The molecular formula is C23H31N7O2. The molecule has 32 heavy (non-hydrogen) atoms. The molecule has 3 aromatic rings. The van der Waals surface area contributed by atoms with Gasteiger partial charge in [-0.3, -0.25) is 9.48 Å². The van der Waals surface area contributed by atoms with E-state index in [2.05, 4.69) is 65.2 Å². The van der Waals surface area contributed by atoms with E-state index in [9.17, 15) is 4.79 Å². The van der Waals surface area contributed by atoms with Crippen LogP contribution in [0.3, 0.4) is 0 Å². The number of benzene rings is 1. The predicted molar refractivity (Wildman–Crippen MR) is 126 cm³/mol. The Morgan fingerprint density at radius 3 is 2.53 bits per heavy atom. The second-order valence-electron chi connectivity index (χ2n) is 9.40. The number of fused-ring (bicyclic) bond motifs is 1. The Morgan fingerprint density at radius 1 is 1.19 bits per heavy atom. The Balaban J connectivity index is 1.71. The summed E-state index contributed by atoms with van der Waals surface area (Å²) < 4.78 is 7.06. The molecule has 1 aliphatic rings. The first-order valence-corrected chi connectivity index (χ1v) is 10.9. The molecule has 170 valence electrons. The van der Waals surface area contributed by atoms with E-state index >= 15 is 0 Å². The van der Waals surface area contributed by atoms with Gasteiger partial charge in [0, 0.05) is 54.7 Å². The molecule has 2 atom stereocenters. The van der Waals surface area contributed by atoms with Crippen molar-refractivity contribution in [3.05, 3.63) is 36.2 Å². The van der Waals surface area contributed by atoms with E-state index in [1.807, 2.05) is 23.0 Å². The summed E-state index contributed by atoms with van der Waals surface area (Å²) in [5.74, 6) is 0.219. The summed E-state index contributed by atoms with van der Waals surface area (Å²) >= 11 is 0. The van der Waals surface area contributed by atoms with Crippen molar-refractivity contribution in [2.45, 2.75) is 52.2 Å². The highest BCUT2D eigenvalue weighted by Gasteiger charge is 2.25. The molecule has 2 aromatic heterocycles. The molecule has 0 spiro atoms. The Morgan fingerprint density at radius 2 is 1.91 bits per heavy atom. The van der Waals surface area contributed by atoms with Gasteiger partial charge in [-0.1, -0.05) is 0 Å². The number of nitrogens with zero attached hydrogens (tertiary/aromatic N) is 5. The smallest absolute Gasteiger partial charge is 0.316 e. The third-order valence-corrected chi connectivity index (χ3v) is 5.55. The summed E-state index contributed by atoms with van der Waals surface area (Å²) in [5, 5.41) is 11.7. The fourth-order valence-corrected chi connectivity index (χ4v) is 4.12. The lowest BCUT2D eigenvalue weighted by atomic mass is 10.0. The van der Waals surface area contributed by atoms with Gasteiger partial charge in [0.05, 0.1) is 23.7 Å². The monoisotopic (exact) mass is 437 g/mol. The number of nitrogens with one attached hydrogen (secondary N) is 2. The van der Waals surface area contributed by atoms with Gasteiger partial charge < -0.3 is 20.3 Å². The first kappa shape index (κ1) is 22.0. The number of hydrogen-bond acceptors (Lipinski definition) is 7. The fraction of sp³-hybridized carbons (Fsp3) is 0.478. The fourth-order valence-electron chi connectivity index (χ4n) is 4.12. The second-order valence-corrected chi connectivity index (χ2v) is 9.40. The van der Waals surface area contributed by atoms with Crippen LogP contribution in [0.25, 0.3) is 10.9 Å². The van der Waals surface area contributed by atoms with Crippen LogP contribution >= 0.6 is 0 Å². The van der Waals surface area contributed by atoms with E-state index in [0.717, 1.165) is 24.2 Å². The summed E-state index contributed by atoms with van der Waals surface area (Å²) in [4.78, 5) is 24.4. The van der Waals surface area contributed by atoms with Gasteiger partial charge in [0.25, 0.3) is 5.91 Å². The van der Waals surface area contributed by atoms with Gasteiger partial charge in [0.2, 0.25) is 0 Å². The van der Waals surface area contributed by atoms with E-state index in [1.165, 1.54) is 7.11 Å². The molecule has 1 aliphatic heterocycles. The number of aromatic nitrogens is 4. The molecule has 0 unspecified atom stereocenters. The number of anilines is 2. The van der Waals surface area contributed by atoms with Crippen LogP contribution in [0.15, 0.2) is 30.6 Å². The van der Waals surface area contributed by atoms with Crippen molar-refractivity contribution in [1.29, 1.82) is 0 Å². The number of ether oxygens (including phenoxy) is 1. The van der Waals surface area contributed by atoms with Crippen molar-refractivity contribution in [3.63, 3.8) is 0 Å². The van der Waals surface area contributed by atoms with Crippen molar-refractivity contribution in [1.82, 2.24) is 25.1 Å². The predicted octanol–water partition coefficient (Wildman–Crippen LogP) is 3.03. The highest BCUT2D eigenvalue weighted by Crippen LogP contribution is 2.31. The van der Waals surface area contributed by atoms with E-state index in [-0.39, 0.29) is 17.5 Å². The number of piperazine rings is 1. The first-order valence-electron chi connectivity index (χ1n) is 10.9. The van der Waals surface area contributed by atoms with Gasteiger partial charge >= 0.3 is 6.01 Å². The molecule has 1 amide bonds. The summed E-state index contributed by atoms with van der Waals surface area (Å²) in [6.07, 6.45) is 3.59. The summed E-state index contributed by atoms with van der Waals surface area (Å²) in [7, 11) is 1.52. The lowest BCUT2D eigenvalue weighted by Gasteiger charge is -2.38. The van der Waals surface area contributed by atoms with E-state index < -0.39 is 0 Å². The topological polar surface area (TPSA) is 97.2 Å². The SMILES string of the molecule is COc1ncc2c(N3C[C@@H](C)N[C@@H](C)C3)ccc(C(=O)Nc3ccn(C(C)(C)C)n3)c2n1.